The lowest BCUT2D eigenvalue weighted by Gasteiger charge is -2.30. The molecule has 1 fully saturated rings. The third-order valence-electron chi connectivity index (χ3n) is 6.42. The maximum absolute atomic E-state index is 13.0. The van der Waals surface area contributed by atoms with Crippen molar-refractivity contribution < 1.29 is 32.7 Å². The van der Waals surface area contributed by atoms with Crippen LogP contribution in [0.3, 0.4) is 0 Å². The lowest BCUT2D eigenvalue weighted by Crippen LogP contribution is -2.40. The first kappa shape index (κ1) is 30.3. The molecule has 2 aliphatic heterocycles. The average molecular weight is 526 g/mol. The molecule has 0 aliphatic carbocycles. The van der Waals surface area contributed by atoms with Crippen molar-refractivity contribution in [2.24, 2.45) is 5.92 Å². The molecule has 1 atom stereocenters. The molecule has 7 nitrogen and oxygen atoms in total. The molecule has 3 rings (SSSR count). The molecule has 2 N–H and O–H groups in total. The Hall–Kier alpha value is -2.88. The van der Waals surface area contributed by atoms with E-state index in [1.54, 1.807) is 0 Å². The fourth-order valence-electron chi connectivity index (χ4n) is 4.39. The highest BCUT2D eigenvalue weighted by molar-refractivity contribution is 5.90. The maximum Gasteiger partial charge on any atom is 0.490 e. The Kier molecular flexibility index (Phi) is 12.6. The van der Waals surface area contributed by atoms with Gasteiger partial charge in [-0.2, -0.15) is 13.2 Å². The van der Waals surface area contributed by atoms with Gasteiger partial charge in [0.25, 0.3) is 0 Å². The van der Waals surface area contributed by atoms with Crippen LogP contribution in [0, 0.1) is 5.92 Å². The molecule has 0 aromatic heterocycles. The Bertz CT molecular complexity index is 900. The summed E-state index contributed by atoms with van der Waals surface area (Å²) in [5.41, 5.74) is 1.90. The zero-order valence-corrected chi connectivity index (χ0v) is 21.4. The summed E-state index contributed by atoms with van der Waals surface area (Å²) in [4.78, 5) is 39.1. The van der Waals surface area contributed by atoms with E-state index in [1.807, 2.05) is 41.3 Å². The van der Waals surface area contributed by atoms with Gasteiger partial charge in [0.05, 0.1) is 5.92 Å². The van der Waals surface area contributed by atoms with Gasteiger partial charge in [-0.3, -0.25) is 9.59 Å². The molecule has 0 radical (unpaired) electrons. The van der Waals surface area contributed by atoms with Crippen LogP contribution in [-0.4, -0.2) is 71.6 Å². The summed E-state index contributed by atoms with van der Waals surface area (Å²) in [5.74, 6) is -2.70. The minimum absolute atomic E-state index is 0.0882. The van der Waals surface area contributed by atoms with Gasteiger partial charge in [-0.15, -0.1) is 0 Å². The Morgan fingerprint density at radius 2 is 1.70 bits per heavy atom. The summed E-state index contributed by atoms with van der Waals surface area (Å²) >= 11 is 0. The van der Waals surface area contributed by atoms with Crippen molar-refractivity contribution in [3.8, 4) is 0 Å². The number of amides is 2. The number of carbonyl (C=O) groups excluding carboxylic acids is 2. The molecule has 10 heteroatoms. The molecule has 0 spiro atoms. The average Bonchev–Trinajstić information content (AvgIpc) is 2.87. The van der Waals surface area contributed by atoms with Crippen molar-refractivity contribution in [3.05, 3.63) is 42.0 Å². The van der Waals surface area contributed by atoms with Crippen molar-refractivity contribution in [2.75, 3.05) is 32.7 Å². The smallest absolute Gasteiger partial charge is 0.475 e. The third-order valence-corrected chi connectivity index (χ3v) is 6.42. The Morgan fingerprint density at radius 3 is 2.30 bits per heavy atom. The summed E-state index contributed by atoms with van der Waals surface area (Å²) in [5, 5.41) is 10.3. The van der Waals surface area contributed by atoms with Crippen LogP contribution in [0.4, 0.5) is 13.2 Å². The number of carboxylic acids is 1. The molecule has 2 aliphatic rings. The van der Waals surface area contributed by atoms with E-state index >= 15 is 0 Å². The molecule has 0 saturated carbocycles. The number of hydrogen-bond donors (Lipinski definition) is 2. The Balaban J connectivity index is 0.000000604. The number of unbranched alkanes of at least 4 members (excludes halogenated alkanes) is 1. The van der Waals surface area contributed by atoms with Gasteiger partial charge in [0.2, 0.25) is 11.8 Å². The molecule has 206 valence electrons. The largest absolute Gasteiger partial charge is 0.490 e. The normalized spacial score (nSPS) is 20.5. The number of carbonyl (C=O) groups is 3. The zero-order chi connectivity index (χ0) is 27.3. The van der Waals surface area contributed by atoms with E-state index in [2.05, 4.69) is 17.1 Å². The van der Waals surface area contributed by atoms with Crippen molar-refractivity contribution in [1.29, 1.82) is 0 Å². The van der Waals surface area contributed by atoms with Crippen molar-refractivity contribution in [2.45, 2.75) is 64.5 Å². The van der Waals surface area contributed by atoms with Gasteiger partial charge in [-0.25, -0.2) is 4.79 Å². The quantitative estimate of drug-likeness (QED) is 0.514. The van der Waals surface area contributed by atoms with Crippen LogP contribution >= 0.6 is 0 Å². The summed E-state index contributed by atoms with van der Waals surface area (Å²) < 4.78 is 31.7. The molecule has 0 bridgehead atoms. The molecule has 1 unspecified atom stereocenters. The summed E-state index contributed by atoms with van der Waals surface area (Å²) in [6, 6.07) is 10.0. The molecule has 2 heterocycles. The van der Waals surface area contributed by atoms with Gasteiger partial charge in [-0.05, 0) is 56.8 Å². The molecule has 1 saturated heterocycles. The number of nitrogens with zero attached hydrogens (tertiary/aromatic N) is 2. The van der Waals surface area contributed by atoms with Gasteiger partial charge < -0.3 is 20.2 Å². The van der Waals surface area contributed by atoms with E-state index in [9.17, 15) is 22.8 Å². The number of aliphatic carboxylic acids is 1. The Labute approximate surface area is 216 Å². The van der Waals surface area contributed by atoms with Crippen LogP contribution in [0.15, 0.2) is 36.4 Å². The second kappa shape index (κ2) is 15.4. The summed E-state index contributed by atoms with van der Waals surface area (Å²) in [7, 11) is 0. The van der Waals surface area contributed by atoms with Gasteiger partial charge >= 0.3 is 12.1 Å². The molecule has 1 aromatic rings. The highest BCUT2D eigenvalue weighted by atomic mass is 19.4. The number of alkyl halides is 3. The SMILES string of the molecule is CCCCN1C(=O)CCCC(C(=O)NCCN2CCCCC2)/C=C\1c1ccccc1.O=C(O)C(F)(F)F. The highest BCUT2D eigenvalue weighted by Gasteiger charge is 2.38. The number of carboxylic acid groups (broad SMARTS) is 1. The first-order valence-electron chi connectivity index (χ1n) is 13.0. The molecule has 37 heavy (non-hydrogen) atoms. The van der Waals surface area contributed by atoms with Crippen LogP contribution in [0.25, 0.3) is 5.70 Å². The second-order valence-corrected chi connectivity index (χ2v) is 9.31. The number of piperidine rings is 1. The van der Waals surface area contributed by atoms with Gasteiger partial charge in [-0.1, -0.05) is 50.1 Å². The summed E-state index contributed by atoms with van der Waals surface area (Å²) in [6.45, 7) is 6.76. The number of likely N-dealkylation sites (tertiary alicyclic amines) is 1. The van der Waals surface area contributed by atoms with Crippen LogP contribution in [0.5, 0.6) is 0 Å². The number of benzene rings is 1. The minimum Gasteiger partial charge on any atom is -0.475 e. The molecule has 1 aromatic carbocycles. The van der Waals surface area contributed by atoms with E-state index in [0.29, 0.717) is 19.5 Å². The van der Waals surface area contributed by atoms with Gasteiger partial charge in [0.15, 0.2) is 0 Å². The van der Waals surface area contributed by atoms with Gasteiger partial charge in [0, 0.05) is 31.8 Å². The molecular formula is C27H38F3N3O4. The predicted octanol–water partition coefficient (Wildman–Crippen LogP) is 4.69. The second-order valence-electron chi connectivity index (χ2n) is 9.31. The van der Waals surface area contributed by atoms with Crippen LogP contribution < -0.4 is 5.32 Å². The van der Waals surface area contributed by atoms with Crippen molar-refractivity contribution >= 4 is 23.5 Å². The van der Waals surface area contributed by atoms with E-state index in [4.69, 9.17) is 9.90 Å². The first-order chi connectivity index (χ1) is 17.6. The fourth-order valence-corrected chi connectivity index (χ4v) is 4.39. The van der Waals surface area contributed by atoms with E-state index < -0.39 is 12.1 Å². The van der Waals surface area contributed by atoms with Crippen molar-refractivity contribution in [1.82, 2.24) is 15.1 Å². The molecular weight excluding hydrogens is 487 g/mol. The lowest BCUT2D eigenvalue weighted by molar-refractivity contribution is -0.192. The summed E-state index contributed by atoms with van der Waals surface area (Å²) in [6.07, 6.45) is 4.79. The zero-order valence-electron chi connectivity index (χ0n) is 21.4. The minimum atomic E-state index is -5.08. The van der Waals surface area contributed by atoms with E-state index in [-0.39, 0.29) is 17.7 Å². The van der Waals surface area contributed by atoms with Crippen LogP contribution in [0.1, 0.15) is 63.9 Å². The topological polar surface area (TPSA) is 90.0 Å². The lowest BCUT2D eigenvalue weighted by atomic mass is 9.94. The number of rotatable bonds is 8. The Morgan fingerprint density at radius 1 is 1.05 bits per heavy atom. The third kappa shape index (κ3) is 10.6. The van der Waals surface area contributed by atoms with Crippen LogP contribution in [-0.2, 0) is 14.4 Å². The first-order valence-corrected chi connectivity index (χ1v) is 13.0. The predicted molar refractivity (Wildman–Crippen MR) is 135 cm³/mol. The number of nitrogens with one attached hydrogen (secondary N) is 1. The number of halogens is 3. The van der Waals surface area contributed by atoms with Crippen LogP contribution in [0.2, 0.25) is 0 Å². The van der Waals surface area contributed by atoms with Crippen molar-refractivity contribution in [3.63, 3.8) is 0 Å². The number of hydrogen-bond acceptors (Lipinski definition) is 4. The van der Waals surface area contributed by atoms with E-state index in [1.165, 1.54) is 19.3 Å². The van der Waals surface area contributed by atoms with Gasteiger partial charge in [0.1, 0.15) is 0 Å². The highest BCUT2D eigenvalue weighted by Crippen LogP contribution is 2.28. The monoisotopic (exact) mass is 525 g/mol. The standard InChI is InChI=1S/C25H37N3O2.C2HF3O2/c1-2-3-18-28-23(21-11-6-4-7-12-21)20-22(13-10-14-24(28)29)25(30)26-15-19-27-16-8-5-9-17-27;3-2(4,5)1(6)7/h4,6-7,11-12,20,22H,2-3,5,8-10,13-19H2,1H3,(H,26,30);(H,6,7)/b23-20-;. The fraction of sp³-hybridized carbons (Fsp3) is 0.593. The van der Waals surface area contributed by atoms with E-state index in [0.717, 1.165) is 56.6 Å². The molecule has 2 amide bonds. The maximum atomic E-state index is 13.0.